The molecule has 1 heteroatoms. The number of aryl methyl sites for hydroxylation is 1. The zero-order valence-electron chi connectivity index (χ0n) is 10.4. The Morgan fingerprint density at radius 3 is 2.25 bits per heavy atom. The zero-order chi connectivity index (χ0) is 11.4. The van der Waals surface area contributed by atoms with Gasteiger partial charge in [0.15, 0.2) is 0 Å². The van der Waals surface area contributed by atoms with Crippen LogP contribution in [0.5, 0.6) is 0 Å². The monoisotopic (exact) mass is 218 g/mol. The molecule has 1 aromatic rings. The van der Waals surface area contributed by atoms with E-state index < -0.39 is 0 Å². The second kappa shape index (κ2) is 5.49. The third-order valence-electron chi connectivity index (χ3n) is 3.63. The minimum absolute atomic E-state index is 0.520. The van der Waals surface area contributed by atoms with Crippen LogP contribution >= 0.6 is 0 Å². The largest absolute Gasteiger partial charge is 0.379 e. The summed E-state index contributed by atoms with van der Waals surface area (Å²) >= 11 is 0. The summed E-state index contributed by atoms with van der Waals surface area (Å²) in [7, 11) is 0. The first-order valence-electron chi connectivity index (χ1n) is 6.47. The van der Waals surface area contributed by atoms with E-state index in [1.54, 1.807) is 0 Å². The van der Waals surface area contributed by atoms with Gasteiger partial charge in [0.1, 0.15) is 0 Å². The fourth-order valence-corrected chi connectivity index (χ4v) is 2.64. The summed E-state index contributed by atoms with van der Waals surface area (Å²) < 4.78 is 5.69. The maximum absolute atomic E-state index is 5.69. The summed E-state index contributed by atoms with van der Waals surface area (Å²) in [5, 5.41) is 0. The summed E-state index contributed by atoms with van der Waals surface area (Å²) in [6.07, 6.45) is 5.55. The molecule has 1 nitrogen and oxygen atoms in total. The first-order valence-corrected chi connectivity index (χ1v) is 6.47. The standard InChI is InChI=1S/C15H22O/c1-3-16-15-10-8-14(9-11-15)13-6-4-12(2)5-7-13/h4-7,14-15H,3,8-11H2,1-2H3. The van der Waals surface area contributed by atoms with Crippen LogP contribution in [0.4, 0.5) is 0 Å². The topological polar surface area (TPSA) is 9.23 Å². The summed E-state index contributed by atoms with van der Waals surface area (Å²) in [4.78, 5) is 0. The van der Waals surface area contributed by atoms with Crippen molar-refractivity contribution in [1.82, 2.24) is 0 Å². The average Bonchev–Trinajstić information content (AvgIpc) is 2.32. The lowest BCUT2D eigenvalue weighted by molar-refractivity contribution is 0.0328. The highest BCUT2D eigenvalue weighted by atomic mass is 16.5. The van der Waals surface area contributed by atoms with Gasteiger partial charge in [0.25, 0.3) is 0 Å². The maximum atomic E-state index is 5.69. The summed E-state index contributed by atoms with van der Waals surface area (Å²) in [6, 6.07) is 9.04. The lowest BCUT2D eigenvalue weighted by Gasteiger charge is -2.28. The SMILES string of the molecule is CCOC1CCC(c2ccc(C)cc2)CC1. The van der Waals surface area contributed by atoms with Crippen molar-refractivity contribution in [1.29, 1.82) is 0 Å². The van der Waals surface area contributed by atoms with Crippen LogP contribution in [0.15, 0.2) is 24.3 Å². The second-order valence-electron chi connectivity index (χ2n) is 4.84. The van der Waals surface area contributed by atoms with Gasteiger partial charge in [-0.05, 0) is 51.0 Å². The van der Waals surface area contributed by atoms with E-state index in [0.29, 0.717) is 6.10 Å². The molecule has 2 rings (SSSR count). The van der Waals surface area contributed by atoms with Crippen molar-refractivity contribution in [2.24, 2.45) is 0 Å². The molecule has 0 aliphatic heterocycles. The molecule has 1 aliphatic rings. The van der Waals surface area contributed by atoms with Gasteiger partial charge in [0.2, 0.25) is 0 Å². The fraction of sp³-hybridized carbons (Fsp3) is 0.600. The molecule has 1 aromatic carbocycles. The third-order valence-corrected chi connectivity index (χ3v) is 3.63. The Labute approximate surface area is 98.8 Å². The Morgan fingerprint density at radius 2 is 1.69 bits per heavy atom. The molecule has 0 spiro atoms. The average molecular weight is 218 g/mol. The molecule has 0 aromatic heterocycles. The molecule has 0 radical (unpaired) electrons. The van der Waals surface area contributed by atoms with E-state index in [-0.39, 0.29) is 0 Å². The van der Waals surface area contributed by atoms with Crippen LogP contribution in [0.3, 0.4) is 0 Å². The van der Waals surface area contributed by atoms with E-state index in [2.05, 4.69) is 38.1 Å². The molecule has 0 unspecified atom stereocenters. The Balaban J connectivity index is 1.91. The summed E-state index contributed by atoms with van der Waals surface area (Å²) in [6.45, 7) is 5.10. The lowest BCUT2D eigenvalue weighted by atomic mass is 9.82. The molecule has 1 aliphatic carbocycles. The van der Waals surface area contributed by atoms with E-state index in [4.69, 9.17) is 4.74 Å². The Bertz CT molecular complexity index is 307. The molecule has 0 N–H and O–H groups in total. The van der Waals surface area contributed by atoms with Crippen LogP contribution < -0.4 is 0 Å². The number of hydrogen-bond acceptors (Lipinski definition) is 1. The highest BCUT2D eigenvalue weighted by Crippen LogP contribution is 2.33. The predicted molar refractivity (Wildman–Crippen MR) is 67.8 cm³/mol. The number of ether oxygens (including phenoxy) is 1. The number of benzene rings is 1. The van der Waals surface area contributed by atoms with Gasteiger partial charge in [-0.2, -0.15) is 0 Å². The van der Waals surface area contributed by atoms with Crippen molar-refractivity contribution >= 4 is 0 Å². The Hall–Kier alpha value is -0.820. The first kappa shape index (κ1) is 11.7. The Kier molecular flexibility index (Phi) is 4.00. The first-order chi connectivity index (χ1) is 7.79. The van der Waals surface area contributed by atoms with Gasteiger partial charge in [0, 0.05) is 6.61 Å². The van der Waals surface area contributed by atoms with Crippen LogP contribution in [-0.4, -0.2) is 12.7 Å². The van der Waals surface area contributed by atoms with Crippen molar-refractivity contribution in [3.05, 3.63) is 35.4 Å². The fourth-order valence-electron chi connectivity index (χ4n) is 2.64. The van der Waals surface area contributed by atoms with E-state index >= 15 is 0 Å². The minimum atomic E-state index is 0.520. The second-order valence-corrected chi connectivity index (χ2v) is 4.84. The molecular weight excluding hydrogens is 196 g/mol. The van der Waals surface area contributed by atoms with E-state index in [1.165, 1.54) is 36.8 Å². The van der Waals surface area contributed by atoms with Crippen LogP contribution in [0.1, 0.15) is 49.7 Å². The molecule has 1 saturated carbocycles. The van der Waals surface area contributed by atoms with Gasteiger partial charge >= 0.3 is 0 Å². The highest BCUT2D eigenvalue weighted by molar-refractivity contribution is 5.24. The molecule has 0 saturated heterocycles. The molecular formula is C15H22O. The predicted octanol–water partition coefficient (Wildman–Crippen LogP) is 4.06. The third kappa shape index (κ3) is 2.85. The molecule has 0 bridgehead atoms. The van der Waals surface area contributed by atoms with Gasteiger partial charge in [-0.15, -0.1) is 0 Å². The summed E-state index contributed by atoms with van der Waals surface area (Å²) in [5.74, 6) is 0.761. The van der Waals surface area contributed by atoms with Crippen molar-refractivity contribution in [3.8, 4) is 0 Å². The van der Waals surface area contributed by atoms with Gasteiger partial charge in [-0.1, -0.05) is 29.8 Å². The van der Waals surface area contributed by atoms with Gasteiger partial charge in [0.05, 0.1) is 6.10 Å². The van der Waals surface area contributed by atoms with Crippen molar-refractivity contribution < 1.29 is 4.74 Å². The minimum Gasteiger partial charge on any atom is -0.379 e. The van der Waals surface area contributed by atoms with Crippen molar-refractivity contribution in [3.63, 3.8) is 0 Å². The van der Waals surface area contributed by atoms with Crippen molar-refractivity contribution in [2.45, 2.75) is 51.6 Å². The maximum Gasteiger partial charge on any atom is 0.0575 e. The van der Waals surface area contributed by atoms with Gasteiger partial charge in [-0.3, -0.25) is 0 Å². The van der Waals surface area contributed by atoms with Gasteiger partial charge < -0.3 is 4.74 Å². The summed E-state index contributed by atoms with van der Waals surface area (Å²) in [5.41, 5.74) is 2.87. The highest BCUT2D eigenvalue weighted by Gasteiger charge is 2.22. The normalized spacial score (nSPS) is 25.6. The molecule has 0 amide bonds. The molecule has 0 atom stereocenters. The molecule has 1 fully saturated rings. The van der Waals surface area contributed by atoms with E-state index in [0.717, 1.165) is 12.5 Å². The van der Waals surface area contributed by atoms with Gasteiger partial charge in [-0.25, -0.2) is 0 Å². The molecule has 0 heterocycles. The van der Waals surface area contributed by atoms with Crippen LogP contribution in [-0.2, 0) is 4.74 Å². The van der Waals surface area contributed by atoms with Crippen LogP contribution in [0.2, 0.25) is 0 Å². The van der Waals surface area contributed by atoms with E-state index in [1.807, 2.05) is 0 Å². The number of hydrogen-bond donors (Lipinski definition) is 0. The smallest absolute Gasteiger partial charge is 0.0575 e. The molecule has 88 valence electrons. The zero-order valence-corrected chi connectivity index (χ0v) is 10.4. The number of rotatable bonds is 3. The quantitative estimate of drug-likeness (QED) is 0.743. The molecule has 16 heavy (non-hydrogen) atoms. The Morgan fingerprint density at radius 1 is 1.06 bits per heavy atom. The lowest BCUT2D eigenvalue weighted by Crippen LogP contribution is -2.20. The van der Waals surface area contributed by atoms with E-state index in [9.17, 15) is 0 Å². The van der Waals surface area contributed by atoms with Crippen LogP contribution in [0.25, 0.3) is 0 Å². The van der Waals surface area contributed by atoms with Crippen LogP contribution in [0, 0.1) is 6.92 Å². The van der Waals surface area contributed by atoms with Crippen molar-refractivity contribution in [2.75, 3.05) is 6.61 Å².